The minimum atomic E-state index is -3.54. The molecule has 1 atom stereocenters. The average Bonchev–Trinajstić information content (AvgIpc) is 2.87. The second-order valence-corrected chi connectivity index (χ2v) is 11.0. The first kappa shape index (κ1) is 24.5. The molecular weight excluding hydrogens is 452 g/mol. The van der Waals surface area contributed by atoms with Crippen LogP contribution in [0.15, 0.2) is 41.3 Å². The van der Waals surface area contributed by atoms with Crippen molar-refractivity contribution in [2.45, 2.75) is 62.3 Å². The number of aryl methyl sites for hydroxylation is 2. The van der Waals surface area contributed by atoms with E-state index in [1.165, 1.54) is 5.56 Å². The van der Waals surface area contributed by atoms with Gasteiger partial charge in [0.1, 0.15) is 11.5 Å². The fourth-order valence-electron chi connectivity index (χ4n) is 4.95. The van der Waals surface area contributed by atoms with Crippen molar-refractivity contribution in [3.05, 3.63) is 53.1 Å². The van der Waals surface area contributed by atoms with Gasteiger partial charge in [-0.25, -0.2) is 8.42 Å². The molecule has 0 spiro atoms. The zero-order chi connectivity index (χ0) is 24.1. The van der Waals surface area contributed by atoms with Gasteiger partial charge in [-0.05, 0) is 85.5 Å². The van der Waals surface area contributed by atoms with E-state index in [1.54, 1.807) is 36.7 Å². The number of rotatable bonds is 8. The van der Waals surface area contributed by atoms with Gasteiger partial charge in [-0.3, -0.25) is 4.79 Å². The fourth-order valence-corrected chi connectivity index (χ4v) is 6.52. The molecule has 2 aliphatic rings. The summed E-state index contributed by atoms with van der Waals surface area (Å²) >= 11 is 0. The molecule has 0 saturated carbocycles. The molecule has 1 aliphatic carbocycles. The standard InChI is InChI=1S/C26H34N2O5S/c1-32-21-10-12-23-19(17-21)7-6-8-24(23)27-26(29)14-9-20-18-22(11-13-25(20)33-2)34(30,31)28-15-4-3-5-16-28/h10-13,17-18,24H,3-9,14-16H2,1-2H3,(H,27,29)/t24-/m1/s1. The van der Waals surface area contributed by atoms with E-state index >= 15 is 0 Å². The Hall–Kier alpha value is -2.58. The van der Waals surface area contributed by atoms with Crippen LogP contribution in [-0.2, 0) is 27.7 Å². The van der Waals surface area contributed by atoms with Gasteiger partial charge in [0.2, 0.25) is 15.9 Å². The van der Waals surface area contributed by atoms with E-state index in [4.69, 9.17) is 9.47 Å². The molecule has 1 fully saturated rings. The van der Waals surface area contributed by atoms with Gasteiger partial charge in [0.25, 0.3) is 0 Å². The van der Waals surface area contributed by atoms with Gasteiger partial charge in [0.05, 0.1) is 25.2 Å². The average molecular weight is 487 g/mol. The van der Waals surface area contributed by atoms with E-state index in [2.05, 4.69) is 5.32 Å². The molecule has 8 heteroatoms. The monoisotopic (exact) mass is 486 g/mol. The number of nitrogens with one attached hydrogen (secondary N) is 1. The number of sulfonamides is 1. The second kappa shape index (κ2) is 10.8. The number of piperidine rings is 1. The van der Waals surface area contributed by atoms with Gasteiger partial charge in [0.15, 0.2) is 0 Å². The van der Waals surface area contributed by atoms with Crippen LogP contribution in [0.5, 0.6) is 11.5 Å². The van der Waals surface area contributed by atoms with Crippen molar-refractivity contribution < 1.29 is 22.7 Å². The van der Waals surface area contributed by atoms with Crippen molar-refractivity contribution in [2.75, 3.05) is 27.3 Å². The third-order valence-electron chi connectivity index (χ3n) is 6.83. The van der Waals surface area contributed by atoms with E-state index in [-0.39, 0.29) is 23.3 Å². The van der Waals surface area contributed by atoms with Gasteiger partial charge in [-0.2, -0.15) is 4.31 Å². The second-order valence-electron chi connectivity index (χ2n) is 9.02. The van der Waals surface area contributed by atoms with Crippen LogP contribution < -0.4 is 14.8 Å². The fraction of sp³-hybridized carbons (Fsp3) is 0.500. The first-order valence-electron chi connectivity index (χ1n) is 12.1. The van der Waals surface area contributed by atoms with Gasteiger partial charge in [-0.15, -0.1) is 0 Å². The van der Waals surface area contributed by atoms with Crippen molar-refractivity contribution in [2.24, 2.45) is 0 Å². The molecule has 1 saturated heterocycles. The summed E-state index contributed by atoms with van der Waals surface area (Å²) < 4.78 is 38.5. The lowest BCUT2D eigenvalue weighted by molar-refractivity contribution is -0.121. The van der Waals surface area contributed by atoms with Crippen LogP contribution in [0.4, 0.5) is 0 Å². The number of amides is 1. The Balaban J connectivity index is 1.44. The number of carbonyl (C=O) groups excluding carboxylic acids is 1. The zero-order valence-corrected chi connectivity index (χ0v) is 20.8. The minimum Gasteiger partial charge on any atom is -0.497 e. The van der Waals surface area contributed by atoms with E-state index in [9.17, 15) is 13.2 Å². The van der Waals surface area contributed by atoms with Crippen molar-refractivity contribution in [1.82, 2.24) is 9.62 Å². The summed E-state index contributed by atoms with van der Waals surface area (Å²) in [6.07, 6.45) is 6.39. The maximum atomic E-state index is 13.1. The summed E-state index contributed by atoms with van der Waals surface area (Å²) in [7, 11) is -0.325. The number of hydrogen-bond donors (Lipinski definition) is 1. The highest BCUT2D eigenvalue weighted by Crippen LogP contribution is 2.32. The van der Waals surface area contributed by atoms with E-state index in [0.717, 1.165) is 55.4 Å². The number of methoxy groups -OCH3 is 2. The molecule has 1 amide bonds. The summed E-state index contributed by atoms with van der Waals surface area (Å²) in [5, 5.41) is 3.17. The number of ether oxygens (including phenoxy) is 2. The lowest BCUT2D eigenvalue weighted by Gasteiger charge is -2.27. The summed E-state index contributed by atoms with van der Waals surface area (Å²) in [5.74, 6) is 1.37. The van der Waals surface area contributed by atoms with Crippen molar-refractivity contribution in [3.8, 4) is 11.5 Å². The Morgan fingerprint density at radius 1 is 1.03 bits per heavy atom. The highest BCUT2D eigenvalue weighted by Gasteiger charge is 2.27. The molecule has 7 nitrogen and oxygen atoms in total. The normalized spacial score (nSPS) is 18.7. The quantitative estimate of drug-likeness (QED) is 0.610. The van der Waals surface area contributed by atoms with E-state index in [0.29, 0.717) is 25.3 Å². The first-order valence-corrected chi connectivity index (χ1v) is 13.5. The molecule has 0 unspecified atom stereocenters. The zero-order valence-electron chi connectivity index (χ0n) is 20.0. The molecule has 34 heavy (non-hydrogen) atoms. The molecule has 4 rings (SSSR count). The molecule has 1 aliphatic heterocycles. The smallest absolute Gasteiger partial charge is 0.243 e. The topological polar surface area (TPSA) is 84.9 Å². The van der Waals surface area contributed by atoms with Gasteiger partial charge in [0, 0.05) is 19.5 Å². The highest BCUT2D eigenvalue weighted by molar-refractivity contribution is 7.89. The van der Waals surface area contributed by atoms with Gasteiger partial charge in [-0.1, -0.05) is 12.5 Å². The van der Waals surface area contributed by atoms with Crippen LogP contribution in [0.25, 0.3) is 0 Å². The summed E-state index contributed by atoms with van der Waals surface area (Å²) in [5.41, 5.74) is 3.09. The molecular formula is C26H34N2O5S. The SMILES string of the molecule is COc1ccc2c(c1)CCC[C@H]2NC(=O)CCc1cc(S(=O)(=O)N2CCCCC2)ccc1OC. The first-order chi connectivity index (χ1) is 16.4. The van der Waals surface area contributed by atoms with E-state index in [1.807, 2.05) is 18.2 Å². The number of carbonyl (C=O) groups is 1. The van der Waals surface area contributed by atoms with Crippen LogP contribution in [0.3, 0.4) is 0 Å². The van der Waals surface area contributed by atoms with Gasteiger partial charge >= 0.3 is 0 Å². The molecule has 184 valence electrons. The number of hydrogen-bond acceptors (Lipinski definition) is 5. The van der Waals surface area contributed by atoms with Crippen molar-refractivity contribution in [1.29, 1.82) is 0 Å². The molecule has 0 aromatic heterocycles. The molecule has 2 aromatic carbocycles. The Labute approximate surface area is 202 Å². The van der Waals surface area contributed by atoms with Crippen molar-refractivity contribution in [3.63, 3.8) is 0 Å². The third-order valence-corrected chi connectivity index (χ3v) is 8.72. The maximum Gasteiger partial charge on any atom is 0.243 e. The predicted molar refractivity (Wildman–Crippen MR) is 131 cm³/mol. The number of nitrogens with zero attached hydrogens (tertiary/aromatic N) is 1. The Kier molecular flexibility index (Phi) is 7.78. The van der Waals surface area contributed by atoms with Crippen molar-refractivity contribution >= 4 is 15.9 Å². The molecule has 0 bridgehead atoms. The number of fused-ring (bicyclic) bond motifs is 1. The Bertz CT molecular complexity index is 1130. The maximum absolute atomic E-state index is 13.1. The Morgan fingerprint density at radius 2 is 1.82 bits per heavy atom. The summed E-state index contributed by atoms with van der Waals surface area (Å²) in [6.45, 7) is 1.11. The molecule has 1 N–H and O–H groups in total. The lowest BCUT2D eigenvalue weighted by Crippen LogP contribution is -2.35. The lowest BCUT2D eigenvalue weighted by atomic mass is 9.87. The predicted octanol–water partition coefficient (Wildman–Crippen LogP) is 4.00. The van der Waals surface area contributed by atoms with Crippen LogP contribution in [-0.4, -0.2) is 45.9 Å². The van der Waals surface area contributed by atoms with Crippen LogP contribution in [0.1, 0.15) is 61.3 Å². The largest absolute Gasteiger partial charge is 0.497 e. The summed E-state index contributed by atoms with van der Waals surface area (Å²) in [6, 6.07) is 11.0. The summed E-state index contributed by atoms with van der Waals surface area (Å²) in [4.78, 5) is 13.1. The van der Waals surface area contributed by atoms with Gasteiger partial charge < -0.3 is 14.8 Å². The molecule has 2 aromatic rings. The van der Waals surface area contributed by atoms with Crippen LogP contribution in [0.2, 0.25) is 0 Å². The molecule has 1 heterocycles. The van der Waals surface area contributed by atoms with Crippen LogP contribution >= 0.6 is 0 Å². The molecule has 0 radical (unpaired) electrons. The minimum absolute atomic E-state index is 0.0186. The third kappa shape index (κ3) is 5.39. The number of benzene rings is 2. The Morgan fingerprint density at radius 3 is 2.56 bits per heavy atom. The van der Waals surface area contributed by atoms with Crippen LogP contribution in [0, 0.1) is 0 Å². The highest BCUT2D eigenvalue weighted by atomic mass is 32.2. The van der Waals surface area contributed by atoms with E-state index < -0.39 is 10.0 Å².